The number of carbonyl (C=O) groups excluding carboxylic acids is 3. The molecule has 116 valence electrons. The topological polar surface area (TPSA) is 81.8 Å². The molecule has 0 saturated carbocycles. The van der Waals surface area contributed by atoms with Crippen molar-refractivity contribution in [2.75, 3.05) is 25.0 Å². The molecule has 2 aliphatic heterocycles. The molecule has 0 bridgehead atoms. The van der Waals surface area contributed by atoms with Gasteiger partial charge >= 0.3 is 6.03 Å². The zero-order valence-corrected chi connectivity index (χ0v) is 12.3. The molecule has 1 saturated heterocycles. The summed E-state index contributed by atoms with van der Waals surface area (Å²) in [4.78, 5) is 39.2. The second-order valence-electron chi connectivity index (χ2n) is 5.63. The first kappa shape index (κ1) is 14.5. The van der Waals surface area contributed by atoms with Crippen molar-refractivity contribution < 1.29 is 14.4 Å². The quantitative estimate of drug-likeness (QED) is 0.757. The van der Waals surface area contributed by atoms with Crippen molar-refractivity contribution in [3.63, 3.8) is 0 Å². The van der Waals surface area contributed by atoms with E-state index in [0.29, 0.717) is 6.54 Å². The number of imide groups is 1. The minimum atomic E-state index is -0.784. The maximum atomic E-state index is 12.6. The summed E-state index contributed by atoms with van der Waals surface area (Å²) in [5.74, 6) is -0.608. The van der Waals surface area contributed by atoms with Gasteiger partial charge in [0.1, 0.15) is 6.04 Å². The van der Waals surface area contributed by atoms with Crippen LogP contribution in [0.25, 0.3) is 0 Å². The van der Waals surface area contributed by atoms with E-state index in [-0.39, 0.29) is 12.3 Å². The van der Waals surface area contributed by atoms with Crippen LogP contribution in [0.4, 0.5) is 10.5 Å². The van der Waals surface area contributed by atoms with Gasteiger partial charge in [0.15, 0.2) is 0 Å². The molecule has 0 aromatic heterocycles. The monoisotopic (exact) mass is 302 g/mol. The third-order valence-corrected chi connectivity index (χ3v) is 3.97. The molecular formula is C15H18N4O3. The molecule has 22 heavy (non-hydrogen) atoms. The highest BCUT2D eigenvalue weighted by atomic mass is 16.2. The van der Waals surface area contributed by atoms with Gasteiger partial charge in [-0.1, -0.05) is 18.2 Å². The normalized spacial score (nSPS) is 21.9. The van der Waals surface area contributed by atoms with Crippen molar-refractivity contribution in [2.45, 2.75) is 19.0 Å². The Hall–Kier alpha value is -2.41. The summed E-state index contributed by atoms with van der Waals surface area (Å²) in [6.07, 6.45) is -0.0321. The van der Waals surface area contributed by atoms with E-state index < -0.39 is 18.0 Å². The molecular weight excluding hydrogens is 284 g/mol. The van der Waals surface area contributed by atoms with Crippen molar-refractivity contribution >= 4 is 23.5 Å². The second kappa shape index (κ2) is 5.76. The number of carbonyl (C=O) groups is 3. The molecule has 0 aliphatic carbocycles. The van der Waals surface area contributed by atoms with E-state index in [0.717, 1.165) is 24.3 Å². The zero-order valence-electron chi connectivity index (χ0n) is 12.3. The van der Waals surface area contributed by atoms with Crippen LogP contribution in [0, 0.1) is 0 Å². The van der Waals surface area contributed by atoms with Crippen LogP contribution in [0.2, 0.25) is 0 Å². The Morgan fingerprint density at radius 1 is 1.27 bits per heavy atom. The van der Waals surface area contributed by atoms with Gasteiger partial charge in [-0.25, -0.2) is 4.79 Å². The summed E-state index contributed by atoms with van der Waals surface area (Å²) < 4.78 is 0. The zero-order chi connectivity index (χ0) is 15.7. The van der Waals surface area contributed by atoms with Crippen LogP contribution in [0.5, 0.6) is 0 Å². The number of amides is 4. The van der Waals surface area contributed by atoms with E-state index in [4.69, 9.17) is 0 Å². The van der Waals surface area contributed by atoms with E-state index in [1.54, 1.807) is 4.90 Å². The van der Waals surface area contributed by atoms with Crippen molar-refractivity contribution in [2.24, 2.45) is 0 Å². The Kier molecular flexibility index (Phi) is 3.81. The third kappa shape index (κ3) is 2.80. The van der Waals surface area contributed by atoms with Gasteiger partial charge in [-0.3, -0.25) is 14.9 Å². The third-order valence-electron chi connectivity index (χ3n) is 3.97. The number of para-hydroxylation sites is 1. The Morgan fingerprint density at radius 2 is 2.05 bits per heavy atom. The minimum Gasteiger partial charge on any atom is -0.325 e. The largest absolute Gasteiger partial charge is 0.325 e. The fourth-order valence-electron chi connectivity index (χ4n) is 2.82. The highest BCUT2D eigenvalue weighted by Gasteiger charge is 2.33. The molecule has 1 fully saturated rings. The van der Waals surface area contributed by atoms with Gasteiger partial charge < -0.3 is 15.1 Å². The SMILES string of the molecule is CN1CCN(C(=O)C[C@@H]2NC(=O)NC2=O)c2ccccc2C1. The first-order chi connectivity index (χ1) is 10.5. The average Bonchev–Trinajstić information content (AvgIpc) is 2.69. The lowest BCUT2D eigenvalue weighted by Gasteiger charge is -2.23. The van der Waals surface area contributed by atoms with E-state index in [2.05, 4.69) is 15.5 Å². The molecule has 1 aromatic carbocycles. The molecule has 7 nitrogen and oxygen atoms in total. The van der Waals surface area contributed by atoms with Gasteiger partial charge in [-0.05, 0) is 18.7 Å². The summed E-state index contributed by atoms with van der Waals surface area (Å²) in [7, 11) is 2.01. The fraction of sp³-hybridized carbons (Fsp3) is 0.400. The Balaban J connectivity index is 1.80. The molecule has 0 radical (unpaired) electrons. The van der Waals surface area contributed by atoms with Gasteiger partial charge in [0, 0.05) is 25.3 Å². The van der Waals surface area contributed by atoms with Crippen LogP contribution < -0.4 is 15.5 Å². The first-order valence-corrected chi connectivity index (χ1v) is 7.23. The fourth-order valence-corrected chi connectivity index (χ4v) is 2.82. The molecule has 1 atom stereocenters. The van der Waals surface area contributed by atoms with Crippen molar-refractivity contribution in [3.8, 4) is 0 Å². The molecule has 2 N–H and O–H groups in total. The predicted octanol–water partition coefficient (Wildman–Crippen LogP) is 0.0631. The van der Waals surface area contributed by atoms with Gasteiger partial charge in [-0.15, -0.1) is 0 Å². The maximum absolute atomic E-state index is 12.6. The minimum absolute atomic E-state index is 0.0321. The van der Waals surface area contributed by atoms with Crippen molar-refractivity contribution in [3.05, 3.63) is 29.8 Å². The Bertz CT molecular complexity index is 631. The number of hydrogen-bond acceptors (Lipinski definition) is 4. The lowest BCUT2D eigenvalue weighted by molar-refractivity contribution is -0.125. The number of nitrogens with one attached hydrogen (secondary N) is 2. The van der Waals surface area contributed by atoms with Crippen LogP contribution in [0.15, 0.2) is 24.3 Å². The average molecular weight is 302 g/mol. The molecule has 4 amide bonds. The number of fused-ring (bicyclic) bond motifs is 1. The highest BCUT2D eigenvalue weighted by Crippen LogP contribution is 2.25. The smallest absolute Gasteiger partial charge is 0.322 e. The number of hydrogen-bond donors (Lipinski definition) is 2. The van der Waals surface area contributed by atoms with Crippen LogP contribution >= 0.6 is 0 Å². The summed E-state index contributed by atoms with van der Waals surface area (Å²) in [5, 5.41) is 4.61. The standard InChI is InChI=1S/C15H18N4O3/c1-18-6-7-19(12-5-3-2-4-10(12)9-18)13(20)8-11-14(21)17-15(22)16-11/h2-5,11H,6-9H2,1H3,(H2,16,17,21,22)/t11-/m0/s1. The number of rotatable bonds is 2. The van der Waals surface area contributed by atoms with E-state index in [1.165, 1.54) is 0 Å². The lowest BCUT2D eigenvalue weighted by atomic mass is 10.1. The maximum Gasteiger partial charge on any atom is 0.322 e. The summed E-state index contributed by atoms with van der Waals surface area (Å²) in [6, 6.07) is 6.44. The number of benzene rings is 1. The lowest BCUT2D eigenvalue weighted by Crippen LogP contribution is -2.40. The Labute approximate surface area is 128 Å². The van der Waals surface area contributed by atoms with Crippen LogP contribution in [0.1, 0.15) is 12.0 Å². The Morgan fingerprint density at radius 3 is 2.77 bits per heavy atom. The van der Waals surface area contributed by atoms with Crippen molar-refractivity contribution in [1.82, 2.24) is 15.5 Å². The van der Waals surface area contributed by atoms with Gasteiger partial charge in [0.05, 0.1) is 6.42 Å². The molecule has 1 aromatic rings. The molecule has 0 spiro atoms. The first-order valence-electron chi connectivity index (χ1n) is 7.23. The van der Waals surface area contributed by atoms with Crippen LogP contribution in [-0.2, 0) is 16.1 Å². The number of nitrogens with zero attached hydrogens (tertiary/aromatic N) is 2. The molecule has 2 aliphatic rings. The molecule has 2 heterocycles. The summed E-state index contributed by atoms with van der Waals surface area (Å²) in [6.45, 7) is 2.10. The van der Waals surface area contributed by atoms with Gasteiger partial charge in [0.2, 0.25) is 5.91 Å². The van der Waals surface area contributed by atoms with E-state index >= 15 is 0 Å². The molecule has 0 unspecified atom stereocenters. The second-order valence-corrected chi connectivity index (χ2v) is 5.63. The molecule has 3 rings (SSSR count). The summed E-state index contributed by atoms with van der Waals surface area (Å²) in [5.41, 5.74) is 1.96. The number of likely N-dealkylation sites (N-methyl/N-ethyl adjacent to an activating group) is 1. The molecule has 7 heteroatoms. The van der Waals surface area contributed by atoms with E-state index in [1.807, 2.05) is 31.3 Å². The number of urea groups is 1. The summed E-state index contributed by atoms with van der Waals surface area (Å²) >= 11 is 0. The van der Waals surface area contributed by atoms with Gasteiger partial charge in [-0.2, -0.15) is 0 Å². The van der Waals surface area contributed by atoms with E-state index in [9.17, 15) is 14.4 Å². The van der Waals surface area contributed by atoms with Gasteiger partial charge in [0.25, 0.3) is 5.91 Å². The van der Waals surface area contributed by atoms with Crippen LogP contribution in [0.3, 0.4) is 0 Å². The van der Waals surface area contributed by atoms with Crippen LogP contribution in [-0.4, -0.2) is 48.9 Å². The van der Waals surface area contributed by atoms with Crippen molar-refractivity contribution in [1.29, 1.82) is 0 Å². The predicted molar refractivity (Wildman–Crippen MR) is 80.2 cm³/mol. The highest BCUT2D eigenvalue weighted by molar-refractivity contribution is 6.07. The number of anilines is 1.